The number of benzene rings is 1. The van der Waals surface area contributed by atoms with Gasteiger partial charge in [0, 0.05) is 29.1 Å². The second-order valence-corrected chi connectivity index (χ2v) is 6.86. The van der Waals surface area contributed by atoms with Crippen LogP contribution in [0.5, 0.6) is 0 Å². The van der Waals surface area contributed by atoms with Crippen LogP contribution in [0.15, 0.2) is 64.6 Å². The van der Waals surface area contributed by atoms with Crippen LogP contribution >= 0.6 is 0 Å². The van der Waals surface area contributed by atoms with Gasteiger partial charge in [0.05, 0.1) is 6.04 Å². The summed E-state index contributed by atoms with van der Waals surface area (Å²) in [4.78, 5) is 22.9. The maximum atomic E-state index is 13.5. The molecule has 0 radical (unpaired) electrons. The molecule has 0 amide bonds. The molecule has 2 atom stereocenters. The van der Waals surface area contributed by atoms with Crippen molar-refractivity contribution in [3.8, 4) is 0 Å². The first-order valence-electron chi connectivity index (χ1n) is 8.84. The van der Waals surface area contributed by atoms with E-state index in [9.17, 15) is 13.6 Å². The molecule has 3 heterocycles. The summed E-state index contributed by atoms with van der Waals surface area (Å²) in [5.74, 6) is -0.347. The molecule has 2 aromatic heterocycles. The quantitative estimate of drug-likeness (QED) is 0.686. The van der Waals surface area contributed by atoms with Gasteiger partial charge in [0.1, 0.15) is 17.2 Å². The molecule has 4 rings (SSSR count). The topological polar surface area (TPSA) is 70.1 Å². The number of hydrogen-bond acceptors (Lipinski definition) is 4. The molecule has 142 valence electrons. The normalized spacial score (nSPS) is 21.3. The van der Waals surface area contributed by atoms with Crippen molar-refractivity contribution in [3.63, 3.8) is 0 Å². The molecule has 0 saturated carbocycles. The Labute approximate surface area is 160 Å². The molecular weight excluding hydrogens is 362 g/mol. The van der Waals surface area contributed by atoms with Crippen LogP contribution in [0.4, 0.5) is 8.78 Å². The molecule has 0 saturated heterocycles. The van der Waals surface area contributed by atoms with Crippen LogP contribution in [-0.4, -0.2) is 21.8 Å². The minimum Gasteiger partial charge on any atom is -0.354 e. The van der Waals surface area contributed by atoms with Gasteiger partial charge in [-0.2, -0.15) is 4.39 Å². The van der Waals surface area contributed by atoms with Crippen LogP contribution in [0.2, 0.25) is 0 Å². The lowest BCUT2D eigenvalue weighted by molar-refractivity contribution is 0.430. The maximum absolute atomic E-state index is 13.5. The summed E-state index contributed by atoms with van der Waals surface area (Å²) < 4.78 is 27.0. The van der Waals surface area contributed by atoms with Crippen molar-refractivity contribution >= 4 is 5.84 Å². The predicted octanol–water partition coefficient (Wildman–Crippen LogP) is 3.04. The van der Waals surface area contributed by atoms with E-state index >= 15 is 0 Å². The lowest BCUT2D eigenvalue weighted by Gasteiger charge is -2.34. The zero-order valence-corrected chi connectivity index (χ0v) is 15.3. The number of H-pyrrole nitrogens is 1. The van der Waals surface area contributed by atoms with Crippen molar-refractivity contribution in [1.29, 1.82) is 0 Å². The Balaban J connectivity index is 1.85. The minimum atomic E-state index is -0.853. The number of aryl methyl sites for hydroxylation is 1. The van der Waals surface area contributed by atoms with Crippen molar-refractivity contribution in [2.45, 2.75) is 25.4 Å². The summed E-state index contributed by atoms with van der Waals surface area (Å²) in [6.07, 6.45) is 3.05. The van der Waals surface area contributed by atoms with E-state index in [1.54, 1.807) is 37.4 Å². The van der Waals surface area contributed by atoms with E-state index in [2.05, 4.69) is 15.3 Å². The first-order valence-corrected chi connectivity index (χ1v) is 8.84. The van der Waals surface area contributed by atoms with Crippen molar-refractivity contribution in [3.05, 3.63) is 99.2 Å². The zero-order valence-electron chi connectivity index (χ0n) is 15.3. The monoisotopic (exact) mass is 380 g/mol. The Hall–Kier alpha value is -3.35. The number of amidine groups is 1. The predicted molar refractivity (Wildman–Crippen MR) is 102 cm³/mol. The summed E-state index contributed by atoms with van der Waals surface area (Å²) in [5.41, 5.74) is 1.75. The molecule has 0 bridgehead atoms. The Kier molecular flexibility index (Phi) is 4.30. The summed E-state index contributed by atoms with van der Waals surface area (Å²) >= 11 is 0. The molecule has 2 N–H and O–H groups in total. The number of nitrogens with zero attached hydrogens (tertiary/aromatic N) is 2. The molecule has 0 spiro atoms. The molecule has 5 nitrogen and oxygen atoms in total. The Bertz CT molecular complexity index is 1060. The van der Waals surface area contributed by atoms with Gasteiger partial charge in [0.25, 0.3) is 5.56 Å². The molecule has 1 aromatic carbocycles. The molecule has 0 aliphatic carbocycles. The minimum absolute atomic E-state index is 0.164. The number of rotatable bonds is 3. The molecule has 7 heteroatoms. The molecular formula is C21H18F2N4O. The Morgan fingerprint density at radius 3 is 2.43 bits per heavy atom. The second kappa shape index (κ2) is 6.67. The van der Waals surface area contributed by atoms with Gasteiger partial charge in [-0.1, -0.05) is 18.2 Å². The smallest absolute Gasteiger partial charge is 0.250 e. The van der Waals surface area contributed by atoms with Crippen LogP contribution in [0.1, 0.15) is 29.2 Å². The maximum Gasteiger partial charge on any atom is 0.250 e. The van der Waals surface area contributed by atoms with Gasteiger partial charge in [-0.3, -0.25) is 9.79 Å². The van der Waals surface area contributed by atoms with E-state index in [1.807, 2.05) is 6.92 Å². The van der Waals surface area contributed by atoms with Crippen LogP contribution in [-0.2, 0) is 5.54 Å². The zero-order chi connectivity index (χ0) is 19.9. The lowest BCUT2D eigenvalue weighted by Crippen LogP contribution is -2.48. The first-order chi connectivity index (χ1) is 13.4. The highest BCUT2D eigenvalue weighted by Crippen LogP contribution is 2.38. The van der Waals surface area contributed by atoms with Crippen LogP contribution in [0.25, 0.3) is 0 Å². The van der Waals surface area contributed by atoms with Crippen LogP contribution in [0.3, 0.4) is 0 Å². The third-order valence-electron chi connectivity index (χ3n) is 5.11. The van der Waals surface area contributed by atoms with Gasteiger partial charge in [0.15, 0.2) is 0 Å². The molecule has 3 aromatic rings. The van der Waals surface area contributed by atoms with Gasteiger partial charge >= 0.3 is 0 Å². The fraction of sp³-hybridized carbons (Fsp3) is 0.190. The van der Waals surface area contributed by atoms with Crippen LogP contribution in [0, 0.1) is 18.7 Å². The molecule has 0 fully saturated rings. The highest BCUT2D eigenvalue weighted by Gasteiger charge is 2.45. The van der Waals surface area contributed by atoms with Crippen LogP contribution < -0.4 is 10.9 Å². The molecule has 28 heavy (non-hydrogen) atoms. The van der Waals surface area contributed by atoms with Gasteiger partial charge in [-0.05, 0) is 43.7 Å². The summed E-state index contributed by atoms with van der Waals surface area (Å²) in [7, 11) is 0. The van der Waals surface area contributed by atoms with E-state index in [1.165, 1.54) is 24.4 Å². The molecule has 1 aliphatic rings. The van der Waals surface area contributed by atoms with Crippen molar-refractivity contribution in [2.24, 2.45) is 4.99 Å². The Morgan fingerprint density at radius 2 is 1.79 bits per heavy atom. The highest BCUT2D eigenvalue weighted by atomic mass is 19.1. The largest absolute Gasteiger partial charge is 0.354 e. The number of pyridine rings is 2. The molecule has 0 unspecified atom stereocenters. The molecule has 1 aliphatic heterocycles. The van der Waals surface area contributed by atoms with E-state index in [0.29, 0.717) is 17.0 Å². The number of halogens is 2. The SMILES string of the molecule is Cc1cc(C2=N[C@@H](C)[C@@](c3ccc(F)cc3)(c3ccc(F)nc3)N2)c[nH]c1=O. The fourth-order valence-corrected chi connectivity index (χ4v) is 3.61. The van der Waals surface area contributed by atoms with E-state index in [4.69, 9.17) is 4.99 Å². The van der Waals surface area contributed by atoms with E-state index in [-0.39, 0.29) is 17.4 Å². The van der Waals surface area contributed by atoms with Gasteiger partial charge < -0.3 is 10.3 Å². The third kappa shape index (κ3) is 2.89. The average Bonchev–Trinajstić information content (AvgIpc) is 3.03. The standard InChI is InChI=1S/C21H18F2N4O/c1-12-9-14(10-25-20(12)28)19-26-13(2)21(27-19,15-3-6-17(22)7-4-15)16-5-8-18(23)24-11-16/h3-11,13H,1-2H3,(H,25,28)(H,26,27)/t13-,21+/m0/s1. The summed E-state index contributed by atoms with van der Waals surface area (Å²) in [6.45, 7) is 3.64. The Morgan fingerprint density at radius 1 is 1.07 bits per heavy atom. The third-order valence-corrected chi connectivity index (χ3v) is 5.11. The van der Waals surface area contributed by atoms with Gasteiger partial charge in [-0.15, -0.1) is 0 Å². The summed E-state index contributed by atoms with van der Waals surface area (Å²) in [5, 5.41) is 3.43. The first kappa shape index (κ1) is 18.0. The highest BCUT2D eigenvalue weighted by molar-refractivity contribution is 6.01. The second-order valence-electron chi connectivity index (χ2n) is 6.86. The van der Waals surface area contributed by atoms with Gasteiger partial charge in [-0.25, -0.2) is 9.37 Å². The number of aromatic nitrogens is 2. The number of aliphatic imine (C=N–C) groups is 1. The lowest BCUT2D eigenvalue weighted by atomic mass is 9.79. The fourth-order valence-electron chi connectivity index (χ4n) is 3.61. The van der Waals surface area contributed by atoms with E-state index < -0.39 is 11.5 Å². The van der Waals surface area contributed by atoms with Crippen molar-refractivity contribution < 1.29 is 8.78 Å². The van der Waals surface area contributed by atoms with Crippen molar-refractivity contribution in [1.82, 2.24) is 15.3 Å². The summed E-state index contributed by atoms with van der Waals surface area (Å²) in [6, 6.07) is 10.5. The van der Waals surface area contributed by atoms with Gasteiger partial charge in [0.2, 0.25) is 5.95 Å². The number of aromatic amines is 1. The number of hydrogen-bond donors (Lipinski definition) is 2. The van der Waals surface area contributed by atoms with Crippen molar-refractivity contribution in [2.75, 3.05) is 0 Å². The number of nitrogens with one attached hydrogen (secondary N) is 2. The average molecular weight is 380 g/mol. The van der Waals surface area contributed by atoms with E-state index in [0.717, 1.165) is 11.1 Å².